The van der Waals surface area contributed by atoms with E-state index in [1.54, 1.807) is 32.4 Å². The van der Waals surface area contributed by atoms with Gasteiger partial charge in [-0.1, -0.05) is 6.92 Å². The Kier molecular flexibility index (Phi) is 5.65. The average molecular weight is 411 g/mol. The van der Waals surface area contributed by atoms with Crippen molar-refractivity contribution in [2.24, 2.45) is 0 Å². The molecular formula is C17H18INO3. The summed E-state index contributed by atoms with van der Waals surface area (Å²) in [6, 6.07) is 11.1. The number of anilines is 1. The van der Waals surface area contributed by atoms with Crippen LogP contribution in [0.15, 0.2) is 36.4 Å². The molecule has 0 bridgehead atoms. The van der Waals surface area contributed by atoms with Gasteiger partial charge in [-0.25, -0.2) is 0 Å². The Balaban J connectivity index is 2.29. The Morgan fingerprint density at radius 1 is 1.09 bits per heavy atom. The molecule has 0 aliphatic rings. The van der Waals surface area contributed by atoms with Gasteiger partial charge in [-0.2, -0.15) is 0 Å². The lowest BCUT2D eigenvalue weighted by molar-refractivity contribution is 0.102. The van der Waals surface area contributed by atoms with Crippen molar-refractivity contribution < 1.29 is 14.3 Å². The van der Waals surface area contributed by atoms with Crippen molar-refractivity contribution in [3.8, 4) is 11.5 Å². The highest BCUT2D eigenvalue weighted by atomic mass is 127. The molecule has 4 nitrogen and oxygen atoms in total. The first-order valence-electron chi connectivity index (χ1n) is 6.90. The summed E-state index contributed by atoms with van der Waals surface area (Å²) >= 11 is 2.26. The summed E-state index contributed by atoms with van der Waals surface area (Å²) in [7, 11) is 3.12. The van der Waals surface area contributed by atoms with Crippen molar-refractivity contribution in [3.63, 3.8) is 0 Å². The lowest BCUT2D eigenvalue weighted by Crippen LogP contribution is -2.13. The molecule has 22 heavy (non-hydrogen) atoms. The smallest absolute Gasteiger partial charge is 0.255 e. The van der Waals surface area contributed by atoms with Crippen LogP contribution in [0.2, 0.25) is 0 Å². The predicted molar refractivity (Wildman–Crippen MR) is 96.0 cm³/mol. The van der Waals surface area contributed by atoms with Gasteiger partial charge in [0, 0.05) is 20.9 Å². The fourth-order valence-corrected chi connectivity index (χ4v) is 2.67. The predicted octanol–water partition coefficient (Wildman–Crippen LogP) is 4.12. The minimum atomic E-state index is -0.187. The lowest BCUT2D eigenvalue weighted by atomic mass is 10.1. The Bertz CT molecular complexity index is 663. The molecule has 1 amide bonds. The van der Waals surface area contributed by atoms with E-state index in [-0.39, 0.29) is 5.91 Å². The number of amides is 1. The molecule has 2 aromatic carbocycles. The van der Waals surface area contributed by atoms with Crippen molar-refractivity contribution in [1.29, 1.82) is 0 Å². The number of rotatable bonds is 5. The number of carbonyl (C=O) groups excluding carboxylic acids is 1. The number of methoxy groups -OCH3 is 2. The van der Waals surface area contributed by atoms with E-state index in [1.807, 2.05) is 12.1 Å². The van der Waals surface area contributed by atoms with Crippen LogP contribution in [-0.4, -0.2) is 20.1 Å². The number of halogens is 1. The molecule has 0 aliphatic heterocycles. The van der Waals surface area contributed by atoms with Crippen LogP contribution in [0.1, 0.15) is 22.8 Å². The zero-order valence-electron chi connectivity index (χ0n) is 12.8. The Labute approximate surface area is 144 Å². The monoisotopic (exact) mass is 411 g/mol. The minimum Gasteiger partial charge on any atom is -0.497 e. The highest BCUT2D eigenvalue weighted by molar-refractivity contribution is 14.1. The van der Waals surface area contributed by atoms with Crippen LogP contribution in [-0.2, 0) is 6.42 Å². The summed E-state index contributed by atoms with van der Waals surface area (Å²) in [5.74, 6) is 0.985. The van der Waals surface area contributed by atoms with E-state index in [9.17, 15) is 4.79 Å². The highest BCUT2D eigenvalue weighted by Gasteiger charge is 2.12. The third-order valence-corrected chi connectivity index (χ3v) is 3.98. The van der Waals surface area contributed by atoms with Gasteiger partial charge in [-0.15, -0.1) is 0 Å². The first kappa shape index (κ1) is 16.6. The van der Waals surface area contributed by atoms with Crippen LogP contribution in [0.4, 0.5) is 5.69 Å². The number of nitrogens with one attached hydrogen (secondary N) is 1. The normalized spacial score (nSPS) is 10.2. The number of ether oxygens (including phenoxy) is 2. The maximum atomic E-state index is 12.5. The number of hydrogen-bond acceptors (Lipinski definition) is 3. The van der Waals surface area contributed by atoms with E-state index < -0.39 is 0 Å². The summed E-state index contributed by atoms with van der Waals surface area (Å²) in [6.07, 6.45) is 0.855. The second-order valence-corrected chi connectivity index (χ2v) is 5.96. The Morgan fingerprint density at radius 3 is 2.27 bits per heavy atom. The molecule has 0 saturated heterocycles. The maximum absolute atomic E-state index is 12.5. The van der Waals surface area contributed by atoms with Gasteiger partial charge in [-0.05, 0) is 64.9 Å². The van der Waals surface area contributed by atoms with Gasteiger partial charge < -0.3 is 14.8 Å². The molecule has 0 fully saturated rings. The van der Waals surface area contributed by atoms with Crippen LogP contribution in [0.25, 0.3) is 0 Å². The SMILES string of the molecule is CCc1cc(I)ccc1NC(=O)c1cc(OC)cc(OC)c1. The topological polar surface area (TPSA) is 47.6 Å². The zero-order valence-corrected chi connectivity index (χ0v) is 14.9. The molecule has 0 radical (unpaired) electrons. The summed E-state index contributed by atoms with van der Waals surface area (Å²) in [5, 5.41) is 2.95. The van der Waals surface area contributed by atoms with Crippen LogP contribution < -0.4 is 14.8 Å². The molecule has 2 rings (SSSR count). The number of benzene rings is 2. The molecule has 0 spiro atoms. The molecule has 0 aliphatic carbocycles. The van der Waals surface area contributed by atoms with Crippen LogP contribution in [0.5, 0.6) is 11.5 Å². The Morgan fingerprint density at radius 2 is 1.73 bits per heavy atom. The molecule has 0 aromatic heterocycles. The molecule has 0 saturated carbocycles. The minimum absolute atomic E-state index is 0.187. The molecule has 2 aromatic rings. The van der Waals surface area contributed by atoms with Crippen molar-refractivity contribution in [2.45, 2.75) is 13.3 Å². The molecule has 0 heterocycles. The Hall–Kier alpha value is -1.76. The lowest BCUT2D eigenvalue weighted by Gasteiger charge is -2.12. The summed E-state index contributed by atoms with van der Waals surface area (Å²) in [4.78, 5) is 12.5. The van der Waals surface area contributed by atoms with Crippen molar-refractivity contribution >= 4 is 34.2 Å². The zero-order chi connectivity index (χ0) is 16.1. The summed E-state index contributed by atoms with van der Waals surface area (Å²) in [5.41, 5.74) is 2.43. The first-order valence-corrected chi connectivity index (χ1v) is 7.98. The number of aryl methyl sites for hydroxylation is 1. The largest absolute Gasteiger partial charge is 0.497 e. The third-order valence-electron chi connectivity index (χ3n) is 3.31. The van der Waals surface area contributed by atoms with Gasteiger partial charge in [0.05, 0.1) is 14.2 Å². The van der Waals surface area contributed by atoms with E-state index in [2.05, 4.69) is 40.9 Å². The fourth-order valence-electron chi connectivity index (χ4n) is 2.11. The molecule has 0 atom stereocenters. The van der Waals surface area contributed by atoms with Crippen LogP contribution in [0, 0.1) is 3.57 Å². The van der Waals surface area contributed by atoms with Gasteiger partial charge in [0.25, 0.3) is 5.91 Å². The van der Waals surface area contributed by atoms with Crippen molar-refractivity contribution in [3.05, 3.63) is 51.1 Å². The van der Waals surface area contributed by atoms with E-state index in [4.69, 9.17) is 9.47 Å². The third kappa shape index (κ3) is 3.91. The molecule has 5 heteroatoms. The molecule has 1 N–H and O–H groups in total. The highest BCUT2D eigenvalue weighted by Crippen LogP contribution is 2.24. The summed E-state index contributed by atoms with van der Waals surface area (Å²) < 4.78 is 11.5. The standard InChI is InChI=1S/C17H18INO3/c1-4-11-7-13(18)5-6-16(11)19-17(20)12-8-14(21-2)10-15(9-12)22-3/h5-10H,4H2,1-3H3,(H,19,20). The number of carbonyl (C=O) groups is 1. The van der Waals surface area contributed by atoms with Gasteiger partial charge in [0.2, 0.25) is 0 Å². The first-order chi connectivity index (χ1) is 10.6. The second-order valence-electron chi connectivity index (χ2n) is 4.71. The maximum Gasteiger partial charge on any atom is 0.255 e. The molecule has 0 unspecified atom stereocenters. The fraction of sp³-hybridized carbons (Fsp3) is 0.235. The average Bonchev–Trinajstić information content (AvgIpc) is 2.55. The van der Waals surface area contributed by atoms with Crippen LogP contribution >= 0.6 is 22.6 Å². The van der Waals surface area contributed by atoms with E-state index in [0.717, 1.165) is 21.2 Å². The van der Waals surface area contributed by atoms with Crippen LogP contribution in [0.3, 0.4) is 0 Å². The van der Waals surface area contributed by atoms with Gasteiger partial charge in [0.15, 0.2) is 0 Å². The van der Waals surface area contributed by atoms with Crippen molar-refractivity contribution in [1.82, 2.24) is 0 Å². The van der Waals surface area contributed by atoms with Crippen molar-refractivity contribution in [2.75, 3.05) is 19.5 Å². The van der Waals surface area contributed by atoms with Gasteiger partial charge >= 0.3 is 0 Å². The molecular weight excluding hydrogens is 393 g/mol. The number of hydrogen-bond donors (Lipinski definition) is 1. The second kappa shape index (κ2) is 7.49. The summed E-state index contributed by atoms with van der Waals surface area (Å²) in [6.45, 7) is 2.07. The van der Waals surface area contributed by atoms with E-state index >= 15 is 0 Å². The van der Waals surface area contributed by atoms with Gasteiger partial charge in [0.1, 0.15) is 11.5 Å². The van der Waals surface area contributed by atoms with E-state index in [0.29, 0.717) is 17.1 Å². The molecule has 116 valence electrons. The quantitative estimate of drug-likeness (QED) is 0.754. The van der Waals surface area contributed by atoms with Gasteiger partial charge in [-0.3, -0.25) is 4.79 Å². The van der Waals surface area contributed by atoms with E-state index in [1.165, 1.54) is 0 Å².